The summed E-state index contributed by atoms with van der Waals surface area (Å²) < 4.78 is 28.6. The van der Waals surface area contributed by atoms with Crippen molar-refractivity contribution in [3.05, 3.63) is 41.8 Å². The van der Waals surface area contributed by atoms with Crippen LogP contribution in [0.5, 0.6) is 0 Å². The molecule has 0 bridgehead atoms. The zero-order valence-corrected chi connectivity index (χ0v) is 15.2. The van der Waals surface area contributed by atoms with Crippen LogP contribution in [-0.2, 0) is 21.4 Å². The number of imidazole rings is 1. The molecule has 0 unspecified atom stereocenters. The summed E-state index contributed by atoms with van der Waals surface area (Å²) in [5, 5.41) is 4.44. The van der Waals surface area contributed by atoms with Crippen molar-refractivity contribution in [1.29, 1.82) is 0 Å². The SMILES string of the molecule is CCn1c(NC(=O)CCNS(=O)(=O)c2cccs2)nc2ccccc21. The number of fused-ring (bicyclic) bond motifs is 1. The molecule has 0 spiro atoms. The van der Waals surface area contributed by atoms with Crippen molar-refractivity contribution in [3.8, 4) is 0 Å². The standard InChI is InChI=1S/C16H18N4O3S2/c1-2-20-13-7-4-3-6-12(13)18-16(20)19-14(21)9-10-17-25(22,23)15-8-5-11-24-15/h3-8,11,17H,2,9-10H2,1H3,(H,18,19,21). The predicted molar refractivity (Wildman–Crippen MR) is 98.2 cm³/mol. The average molecular weight is 378 g/mol. The molecule has 1 amide bonds. The number of carbonyl (C=O) groups excluding carboxylic acids is 1. The van der Waals surface area contributed by atoms with Crippen molar-refractivity contribution in [2.75, 3.05) is 11.9 Å². The average Bonchev–Trinajstić information content (AvgIpc) is 3.22. The molecule has 0 aliphatic carbocycles. The molecular weight excluding hydrogens is 360 g/mol. The molecule has 0 aliphatic rings. The number of amides is 1. The minimum absolute atomic E-state index is 0.0253. The van der Waals surface area contributed by atoms with E-state index in [1.807, 2.05) is 35.8 Å². The van der Waals surface area contributed by atoms with Gasteiger partial charge in [-0.25, -0.2) is 18.1 Å². The highest BCUT2D eigenvalue weighted by atomic mass is 32.2. The summed E-state index contributed by atoms with van der Waals surface area (Å²) in [4.78, 5) is 16.5. The Morgan fingerprint density at radius 3 is 2.76 bits per heavy atom. The normalized spacial score (nSPS) is 11.7. The van der Waals surface area contributed by atoms with Gasteiger partial charge in [0.05, 0.1) is 11.0 Å². The maximum absolute atomic E-state index is 12.1. The lowest BCUT2D eigenvalue weighted by Gasteiger charge is -2.08. The molecule has 0 radical (unpaired) electrons. The summed E-state index contributed by atoms with van der Waals surface area (Å²) in [6, 6.07) is 10.8. The molecule has 3 rings (SSSR count). The number of benzene rings is 1. The summed E-state index contributed by atoms with van der Waals surface area (Å²) in [6.45, 7) is 2.67. The van der Waals surface area contributed by atoms with E-state index in [1.165, 1.54) is 6.07 Å². The van der Waals surface area contributed by atoms with E-state index in [0.717, 1.165) is 22.4 Å². The highest BCUT2D eigenvalue weighted by molar-refractivity contribution is 7.91. The molecule has 0 fully saturated rings. The first-order valence-corrected chi connectivity index (χ1v) is 10.2. The van der Waals surface area contributed by atoms with Crippen molar-refractivity contribution >= 4 is 44.2 Å². The van der Waals surface area contributed by atoms with Gasteiger partial charge in [-0.1, -0.05) is 18.2 Å². The summed E-state index contributed by atoms with van der Waals surface area (Å²) in [7, 11) is -3.55. The van der Waals surface area contributed by atoms with Gasteiger partial charge in [-0.15, -0.1) is 11.3 Å². The van der Waals surface area contributed by atoms with E-state index in [-0.39, 0.29) is 23.1 Å². The lowest BCUT2D eigenvalue weighted by molar-refractivity contribution is -0.116. The number of thiophene rings is 1. The van der Waals surface area contributed by atoms with Crippen LogP contribution in [0.4, 0.5) is 5.95 Å². The van der Waals surface area contributed by atoms with Crippen LogP contribution in [-0.4, -0.2) is 30.4 Å². The summed E-state index contributed by atoms with van der Waals surface area (Å²) >= 11 is 1.13. The van der Waals surface area contributed by atoms with E-state index >= 15 is 0 Å². The van der Waals surface area contributed by atoms with Gasteiger partial charge in [-0.05, 0) is 30.5 Å². The highest BCUT2D eigenvalue weighted by Crippen LogP contribution is 2.19. The molecule has 132 valence electrons. The second-order valence-corrected chi connectivity index (χ2v) is 8.24. The molecule has 0 aliphatic heterocycles. The fourth-order valence-corrected chi connectivity index (χ4v) is 4.53. The molecule has 9 heteroatoms. The number of rotatable bonds is 7. The number of anilines is 1. The van der Waals surface area contributed by atoms with Crippen LogP contribution in [0.2, 0.25) is 0 Å². The Balaban J connectivity index is 1.62. The zero-order chi connectivity index (χ0) is 17.9. The Morgan fingerprint density at radius 2 is 2.04 bits per heavy atom. The molecular formula is C16H18N4O3S2. The first-order chi connectivity index (χ1) is 12.0. The van der Waals surface area contributed by atoms with Gasteiger partial charge in [0.15, 0.2) is 0 Å². The van der Waals surface area contributed by atoms with E-state index in [4.69, 9.17) is 0 Å². The van der Waals surface area contributed by atoms with Crippen LogP contribution in [0.1, 0.15) is 13.3 Å². The lowest BCUT2D eigenvalue weighted by Crippen LogP contribution is -2.27. The monoisotopic (exact) mass is 378 g/mol. The number of aryl methyl sites for hydroxylation is 1. The summed E-state index contributed by atoms with van der Waals surface area (Å²) in [5.74, 6) is 0.175. The Bertz CT molecular complexity index is 978. The molecule has 7 nitrogen and oxygen atoms in total. The third-order valence-corrected chi connectivity index (χ3v) is 6.48. The summed E-state index contributed by atoms with van der Waals surface area (Å²) in [5.41, 5.74) is 1.75. The van der Waals surface area contributed by atoms with Gasteiger partial charge >= 0.3 is 0 Å². The van der Waals surface area contributed by atoms with Gasteiger partial charge < -0.3 is 4.57 Å². The zero-order valence-electron chi connectivity index (χ0n) is 13.6. The van der Waals surface area contributed by atoms with Crippen LogP contribution in [0.3, 0.4) is 0 Å². The topological polar surface area (TPSA) is 93.1 Å². The van der Waals surface area contributed by atoms with Gasteiger partial charge in [-0.2, -0.15) is 0 Å². The maximum Gasteiger partial charge on any atom is 0.250 e. The Labute approximate surface area is 149 Å². The fourth-order valence-electron chi connectivity index (χ4n) is 2.46. The minimum atomic E-state index is -3.55. The van der Waals surface area contributed by atoms with Crippen LogP contribution in [0.15, 0.2) is 46.0 Å². The van der Waals surface area contributed by atoms with E-state index in [1.54, 1.807) is 11.4 Å². The van der Waals surface area contributed by atoms with Gasteiger partial charge in [0.25, 0.3) is 0 Å². The van der Waals surface area contributed by atoms with E-state index in [9.17, 15) is 13.2 Å². The molecule has 1 aromatic carbocycles. The molecule has 2 heterocycles. The second-order valence-electron chi connectivity index (χ2n) is 5.30. The molecule has 2 aromatic heterocycles. The van der Waals surface area contributed by atoms with E-state index in [2.05, 4.69) is 15.0 Å². The lowest BCUT2D eigenvalue weighted by atomic mass is 10.3. The van der Waals surface area contributed by atoms with Gasteiger partial charge in [-0.3, -0.25) is 10.1 Å². The second kappa shape index (κ2) is 7.34. The summed E-state index contributed by atoms with van der Waals surface area (Å²) in [6.07, 6.45) is 0.0253. The Hall–Kier alpha value is -2.23. The molecule has 2 N–H and O–H groups in total. The van der Waals surface area contributed by atoms with Crippen LogP contribution in [0.25, 0.3) is 11.0 Å². The van der Waals surface area contributed by atoms with Gasteiger partial charge in [0.2, 0.25) is 21.9 Å². The molecule has 0 saturated heterocycles. The third-order valence-electron chi connectivity index (χ3n) is 3.63. The van der Waals surface area contributed by atoms with Crippen molar-refractivity contribution in [1.82, 2.24) is 14.3 Å². The number of para-hydroxylation sites is 2. The first kappa shape index (κ1) is 17.6. The van der Waals surface area contributed by atoms with Crippen molar-refractivity contribution in [2.24, 2.45) is 0 Å². The van der Waals surface area contributed by atoms with Gasteiger partial charge in [0.1, 0.15) is 4.21 Å². The number of nitrogens with one attached hydrogen (secondary N) is 2. The number of nitrogens with zero attached hydrogens (tertiary/aromatic N) is 2. The predicted octanol–water partition coefficient (Wildman–Crippen LogP) is 2.42. The minimum Gasteiger partial charge on any atom is -0.310 e. The Morgan fingerprint density at radius 1 is 1.24 bits per heavy atom. The molecule has 0 atom stereocenters. The van der Waals surface area contributed by atoms with Crippen LogP contribution < -0.4 is 10.0 Å². The number of aromatic nitrogens is 2. The highest BCUT2D eigenvalue weighted by Gasteiger charge is 2.16. The molecule has 3 aromatic rings. The van der Waals surface area contributed by atoms with E-state index in [0.29, 0.717) is 12.5 Å². The largest absolute Gasteiger partial charge is 0.310 e. The van der Waals surface area contributed by atoms with Gasteiger partial charge in [0, 0.05) is 19.5 Å². The number of hydrogen-bond acceptors (Lipinski definition) is 5. The quantitative estimate of drug-likeness (QED) is 0.660. The van der Waals surface area contributed by atoms with Crippen LogP contribution in [0, 0.1) is 0 Å². The van der Waals surface area contributed by atoms with Crippen molar-refractivity contribution in [3.63, 3.8) is 0 Å². The van der Waals surface area contributed by atoms with Crippen LogP contribution >= 0.6 is 11.3 Å². The number of sulfonamides is 1. The Kier molecular flexibility index (Phi) is 5.16. The molecule has 25 heavy (non-hydrogen) atoms. The molecule has 0 saturated carbocycles. The first-order valence-electron chi connectivity index (χ1n) is 7.79. The maximum atomic E-state index is 12.1. The van der Waals surface area contributed by atoms with E-state index < -0.39 is 10.0 Å². The number of carbonyl (C=O) groups is 1. The van der Waals surface area contributed by atoms with Crippen molar-refractivity contribution < 1.29 is 13.2 Å². The number of hydrogen-bond donors (Lipinski definition) is 2. The third kappa shape index (κ3) is 3.89. The van der Waals surface area contributed by atoms with Crippen molar-refractivity contribution in [2.45, 2.75) is 24.1 Å². The smallest absolute Gasteiger partial charge is 0.250 e. The fraction of sp³-hybridized carbons (Fsp3) is 0.250.